The molecule has 1 heterocycles. The Balaban J connectivity index is 1.64. The highest BCUT2D eigenvalue weighted by molar-refractivity contribution is 7.93. The minimum atomic E-state index is -4.02. The molecule has 0 radical (unpaired) electrons. The lowest BCUT2D eigenvalue weighted by atomic mass is 10.1. The average molecular weight is 590 g/mol. The minimum absolute atomic E-state index is 0.0575. The number of hydrogen-bond donors (Lipinski definition) is 1. The summed E-state index contributed by atoms with van der Waals surface area (Å²) in [5, 5.41) is 3.52. The summed E-state index contributed by atoms with van der Waals surface area (Å²) in [7, 11) is -7.99. The summed E-state index contributed by atoms with van der Waals surface area (Å²) in [6, 6.07) is 29.6. The van der Waals surface area contributed by atoms with Gasteiger partial charge in [-0.15, -0.1) is 0 Å². The molecular weight excluding hydrogens is 555 g/mol. The molecule has 9 heteroatoms. The Labute approximate surface area is 243 Å². The van der Waals surface area contributed by atoms with Gasteiger partial charge in [0.2, 0.25) is 10.0 Å². The van der Waals surface area contributed by atoms with Crippen LogP contribution in [0.3, 0.4) is 0 Å². The number of aryl methyl sites for hydroxylation is 2. The van der Waals surface area contributed by atoms with E-state index in [0.29, 0.717) is 17.8 Å². The van der Waals surface area contributed by atoms with Gasteiger partial charge < -0.3 is 5.32 Å². The van der Waals surface area contributed by atoms with Gasteiger partial charge in [0.1, 0.15) is 0 Å². The minimum Gasteiger partial charge on any atom is -0.379 e. The lowest BCUT2D eigenvalue weighted by Gasteiger charge is -2.33. The van der Waals surface area contributed by atoms with E-state index < -0.39 is 26.1 Å². The lowest BCUT2D eigenvalue weighted by molar-refractivity contribution is 0.328. The third-order valence-electron chi connectivity index (χ3n) is 7.42. The Morgan fingerprint density at radius 2 is 1.22 bits per heavy atom. The first-order valence-electron chi connectivity index (χ1n) is 13.6. The number of sulfonamides is 2. The summed E-state index contributed by atoms with van der Waals surface area (Å²) in [4.78, 5) is 0.330. The van der Waals surface area contributed by atoms with Crippen LogP contribution in [-0.4, -0.2) is 46.3 Å². The number of anilines is 2. The second-order valence-electron chi connectivity index (χ2n) is 10.6. The summed E-state index contributed by atoms with van der Waals surface area (Å²) < 4.78 is 59.4. The van der Waals surface area contributed by atoms with Crippen molar-refractivity contribution in [2.75, 3.05) is 22.7 Å². The summed E-state index contributed by atoms with van der Waals surface area (Å²) in [5.41, 5.74) is 4.06. The van der Waals surface area contributed by atoms with Gasteiger partial charge in [-0.3, -0.25) is 4.31 Å². The predicted molar refractivity (Wildman–Crippen MR) is 164 cm³/mol. The molecule has 0 unspecified atom stereocenters. The van der Waals surface area contributed by atoms with Crippen LogP contribution < -0.4 is 9.62 Å². The van der Waals surface area contributed by atoms with Gasteiger partial charge in [-0.25, -0.2) is 16.8 Å². The second kappa shape index (κ2) is 11.7. The maximum atomic E-state index is 14.2. The highest BCUT2D eigenvalue weighted by atomic mass is 32.2. The molecule has 1 N–H and O–H groups in total. The van der Waals surface area contributed by atoms with Crippen LogP contribution in [0.2, 0.25) is 0 Å². The average Bonchev–Trinajstić information content (AvgIpc) is 3.01. The van der Waals surface area contributed by atoms with Gasteiger partial charge >= 0.3 is 0 Å². The topological polar surface area (TPSA) is 86.8 Å². The largest absolute Gasteiger partial charge is 0.379 e. The molecule has 4 aromatic carbocycles. The Morgan fingerprint density at radius 3 is 1.83 bits per heavy atom. The Kier molecular flexibility index (Phi) is 8.22. The molecule has 0 aliphatic carbocycles. The first kappa shape index (κ1) is 28.9. The third-order valence-corrected chi connectivity index (χ3v) is 11.2. The van der Waals surface area contributed by atoms with Crippen molar-refractivity contribution in [3.63, 3.8) is 0 Å². The van der Waals surface area contributed by atoms with Crippen molar-refractivity contribution in [2.24, 2.45) is 0 Å². The van der Waals surface area contributed by atoms with Crippen LogP contribution in [0, 0.1) is 13.8 Å². The van der Waals surface area contributed by atoms with Crippen molar-refractivity contribution in [1.29, 1.82) is 0 Å². The van der Waals surface area contributed by atoms with Crippen LogP contribution in [0.4, 0.5) is 11.4 Å². The van der Waals surface area contributed by atoms with E-state index in [1.54, 1.807) is 67.6 Å². The van der Waals surface area contributed by atoms with Crippen LogP contribution in [0.5, 0.6) is 0 Å². The van der Waals surface area contributed by atoms with E-state index in [0.717, 1.165) is 16.7 Å². The maximum Gasteiger partial charge on any atom is 0.264 e. The third kappa shape index (κ3) is 6.17. The molecule has 0 spiro atoms. The summed E-state index contributed by atoms with van der Waals surface area (Å²) in [6.07, 6.45) is 0.548. The Bertz CT molecular complexity index is 1710. The van der Waals surface area contributed by atoms with Crippen LogP contribution in [0.15, 0.2) is 113 Å². The van der Waals surface area contributed by atoms with E-state index in [9.17, 15) is 16.8 Å². The van der Waals surface area contributed by atoms with E-state index >= 15 is 0 Å². The number of benzene rings is 4. The second-order valence-corrected chi connectivity index (χ2v) is 14.4. The van der Waals surface area contributed by atoms with Crippen LogP contribution in [-0.2, 0) is 26.5 Å². The summed E-state index contributed by atoms with van der Waals surface area (Å²) in [6.45, 7) is 5.68. The van der Waals surface area contributed by atoms with Crippen molar-refractivity contribution < 1.29 is 16.8 Å². The molecule has 214 valence electrons. The highest BCUT2D eigenvalue weighted by Crippen LogP contribution is 2.34. The van der Waals surface area contributed by atoms with E-state index in [1.807, 2.05) is 56.3 Å². The Morgan fingerprint density at radius 1 is 0.683 bits per heavy atom. The van der Waals surface area contributed by atoms with Gasteiger partial charge in [-0.2, -0.15) is 4.31 Å². The maximum absolute atomic E-state index is 14.2. The fourth-order valence-corrected chi connectivity index (χ4v) is 8.40. The van der Waals surface area contributed by atoms with Gasteiger partial charge in [0, 0.05) is 18.6 Å². The lowest BCUT2D eigenvalue weighted by Crippen LogP contribution is -2.49. The molecule has 41 heavy (non-hydrogen) atoms. The molecule has 2 atom stereocenters. The number of fused-ring (bicyclic) bond motifs is 1. The van der Waals surface area contributed by atoms with Crippen molar-refractivity contribution in [2.45, 2.75) is 49.1 Å². The number of rotatable bonds is 6. The fourth-order valence-electron chi connectivity index (χ4n) is 5.17. The van der Waals surface area contributed by atoms with E-state index in [2.05, 4.69) is 5.32 Å². The van der Waals surface area contributed by atoms with Crippen molar-refractivity contribution >= 4 is 31.4 Å². The predicted octanol–water partition coefficient (Wildman–Crippen LogP) is 5.61. The number of para-hydroxylation sites is 2. The molecule has 0 saturated carbocycles. The van der Waals surface area contributed by atoms with Crippen LogP contribution >= 0.6 is 0 Å². The summed E-state index contributed by atoms with van der Waals surface area (Å²) in [5.74, 6) is 0. The van der Waals surface area contributed by atoms with E-state index in [-0.39, 0.29) is 28.9 Å². The highest BCUT2D eigenvalue weighted by Gasteiger charge is 2.37. The summed E-state index contributed by atoms with van der Waals surface area (Å²) >= 11 is 0. The first-order chi connectivity index (χ1) is 19.6. The SMILES string of the molecule is Cc1ccc(S(=O)(=O)N2C[C@H](C)N(S(=O)(=O)c3ccc(C)cc3)C[C@H](Cc3ccccc3)Nc3ccccc32)cc1. The zero-order chi connectivity index (χ0) is 29.2. The molecule has 1 aliphatic rings. The molecule has 0 fully saturated rings. The molecule has 0 aromatic heterocycles. The Hall–Kier alpha value is -3.66. The number of hydrogen-bond acceptors (Lipinski definition) is 5. The van der Waals surface area contributed by atoms with Crippen LogP contribution in [0.1, 0.15) is 23.6 Å². The smallest absolute Gasteiger partial charge is 0.264 e. The molecule has 5 rings (SSSR count). The zero-order valence-corrected chi connectivity index (χ0v) is 25.1. The van der Waals surface area contributed by atoms with E-state index in [4.69, 9.17) is 0 Å². The van der Waals surface area contributed by atoms with E-state index in [1.165, 1.54) is 8.61 Å². The molecule has 0 amide bonds. The molecule has 0 saturated heterocycles. The molecule has 7 nitrogen and oxygen atoms in total. The molecule has 4 aromatic rings. The molecular formula is C32H35N3O4S2. The molecule has 1 aliphatic heterocycles. The van der Waals surface area contributed by atoms with Gasteiger partial charge in [-0.1, -0.05) is 77.9 Å². The van der Waals surface area contributed by atoms with Crippen molar-refractivity contribution in [3.8, 4) is 0 Å². The fraction of sp³-hybridized carbons (Fsp3) is 0.250. The monoisotopic (exact) mass is 589 g/mol. The first-order valence-corrected chi connectivity index (χ1v) is 16.5. The number of nitrogens with one attached hydrogen (secondary N) is 1. The zero-order valence-electron chi connectivity index (χ0n) is 23.4. The standard InChI is InChI=1S/C32H35N3O4S2/c1-24-13-17-29(18-14-24)40(36,37)34-23-28(21-27-9-5-4-6-10-27)33-31-11-7-8-12-32(31)35(22-26(34)3)41(38,39)30-19-15-25(2)16-20-30/h4-20,26,28,33H,21-23H2,1-3H3/t26-,28-/m0/s1. The quantitative estimate of drug-likeness (QED) is 0.316. The number of nitrogens with zero attached hydrogens (tertiary/aromatic N) is 2. The van der Waals surface area contributed by atoms with Gasteiger partial charge in [0.05, 0.1) is 27.7 Å². The normalized spacial score (nSPS) is 18.5. The van der Waals surface area contributed by atoms with Crippen molar-refractivity contribution in [1.82, 2.24) is 4.31 Å². The van der Waals surface area contributed by atoms with Gasteiger partial charge in [-0.05, 0) is 69.2 Å². The molecule has 0 bridgehead atoms. The van der Waals surface area contributed by atoms with Gasteiger partial charge in [0.25, 0.3) is 10.0 Å². The van der Waals surface area contributed by atoms with Gasteiger partial charge in [0.15, 0.2) is 0 Å². The van der Waals surface area contributed by atoms with Crippen molar-refractivity contribution in [3.05, 3.63) is 120 Å². The van der Waals surface area contributed by atoms with Crippen LogP contribution in [0.25, 0.3) is 0 Å².